The Balaban J connectivity index is 1.90. The molecular formula is C19H17NO3. The Morgan fingerprint density at radius 2 is 2.09 bits per heavy atom. The molecule has 0 spiro atoms. The predicted molar refractivity (Wildman–Crippen MR) is 89.4 cm³/mol. The lowest BCUT2D eigenvalue weighted by atomic mass is 9.98. The fraction of sp³-hybridized carbons (Fsp3) is 0.158. The van der Waals surface area contributed by atoms with Crippen molar-refractivity contribution in [2.75, 3.05) is 0 Å². The molecule has 0 unspecified atom stereocenters. The molecular weight excluding hydrogens is 290 g/mol. The summed E-state index contributed by atoms with van der Waals surface area (Å²) in [5.74, 6) is 0.222. The van der Waals surface area contributed by atoms with Crippen LogP contribution >= 0.6 is 0 Å². The summed E-state index contributed by atoms with van der Waals surface area (Å²) < 4.78 is 5.78. The van der Waals surface area contributed by atoms with Gasteiger partial charge >= 0.3 is 0 Å². The molecule has 1 aromatic heterocycles. The number of pyridine rings is 1. The maximum atomic E-state index is 12.3. The van der Waals surface area contributed by atoms with Crippen molar-refractivity contribution in [2.45, 2.75) is 19.4 Å². The van der Waals surface area contributed by atoms with Crippen LogP contribution in [0.15, 0.2) is 48.7 Å². The maximum Gasteiger partial charge on any atom is 0.189 e. The van der Waals surface area contributed by atoms with Crippen molar-refractivity contribution in [1.29, 1.82) is 0 Å². The lowest BCUT2D eigenvalue weighted by Gasteiger charge is -2.28. The lowest BCUT2D eigenvalue weighted by molar-refractivity contribution is 0.104. The summed E-state index contributed by atoms with van der Waals surface area (Å²) in [6, 6.07) is 8.74. The number of fused-ring (bicyclic) bond motifs is 1. The first kappa shape index (κ1) is 15.0. The molecule has 4 nitrogen and oxygen atoms in total. The molecule has 1 aromatic carbocycles. The van der Waals surface area contributed by atoms with Crippen molar-refractivity contribution in [3.8, 4) is 11.5 Å². The van der Waals surface area contributed by atoms with Crippen molar-refractivity contribution in [3.63, 3.8) is 0 Å². The number of phenolic OH excluding ortho intramolecular Hbond substituents is 1. The maximum absolute atomic E-state index is 12.3. The molecule has 4 heteroatoms. The molecule has 2 heterocycles. The normalized spacial score (nSPS) is 15.2. The van der Waals surface area contributed by atoms with Gasteiger partial charge in [0, 0.05) is 6.20 Å². The van der Waals surface area contributed by atoms with Crippen LogP contribution in [0.4, 0.5) is 0 Å². The van der Waals surface area contributed by atoms with Gasteiger partial charge in [0.15, 0.2) is 5.78 Å². The number of aromatic nitrogens is 1. The van der Waals surface area contributed by atoms with E-state index in [9.17, 15) is 9.90 Å². The van der Waals surface area contributed by atoms with Crippen LogP contribution in [0.1, 0.15) is 35.5 Å². The number of allylic oxidation sites excluding steroid dienone is 1. The van der Waals surface area contributed by atoms with Crippen LogP contribution in [0, 0.1) is 0 Å². The highest BCUT2D eigenvalue weighted by molar-refractivity contribution is 6.09. The van der Waals surface area contributed by atoms with Gasteiger partial charge in [-0.1, -0.05) is 6.07 Å². The van der Waals surface area contributed by atoms with E-state index in [0.717, 1.165) is 0 Å². The monoisotopic (exact) mass is 307 g/mol. The number of ether oxygens (including phenoxy) is 1. The number of phenols is 1. The number of benzene rings is 1. The van der Waals surface area contributed by atoms with E-state index in [0.29, 0.717) is 17.0 Å². The Morgan fingerprint density at radius 3 is 2.83 bits per heavy atom. The summed E-state index contributed by atoms with van der Waals surface area (Å²) in [7, 11) is 0. The van der Waals surface area contributed by atoms with Crippen molar-refractivity contribution in [1.82, 2.24) is 4.98 Å². The minimum absolute atomic E-state index is 0.0649. The molecule has 0 amide bonds. The van der Waals surface area contributed by atoms with Crippen molar-refractivity contribution >= 4 is 17.9 Å². The second-order valence-electron chi connectivity index (χ2n) is 5.86. The fourth-order valence-corrected chi connectivity index (χ4v) is 2.37. The third kappa shape index (κ3) is 3.16. The van der Waals surface area contributed by atoms with Crippen LogP contribution in [0.25, 0.3) is 12.2 Å². The molecule has 0 saturated carbocycles. The average Bonchev–Trinajstić information content (AvgIpc) is 2.53. The second kappa shape index (κ2) is 5.72. The summed E-state index contributed by atoms with van der Waals surface area (Å²) in [5, 5.41) is 10.4. The minimum Gasteiger partial charge on any atom is -0.506 e. The van der Waals surface area contributed by atoms with Gasteiger partial charge in [0.1, 0.15) is 17.1 Å². The van der Waals surface area contributed by atoms with Gasteiger partial charge in [0.05, 0.1) is 16.8 Å². The number of hydrogen-bond donors (Lipinski definition) is 1. The van der Waals surface area contributed by atoms with Crippen molar-refractivity contribution in [3.05, 3.63) is 65.5 Å². The summed E-state index contributed by atoms with van der Waals surface area (Å²) in [4.78, 5) is 16.4. The number of ketones is 1. The highest BCUT2D eigenvalue weighted by Gasteiger charge is 2.25. The molecule has 2 aromatic rings. The van der Waals surface area contributed by atoms with Gasteiger partial charge < -0.3 is 9.84 Å². The number of carbonyl (C=O) groups is 1. The highest BCUT2D eigenvalue weighted by atomic mass is 16.5. The molecule has 1 aliphatic rings. The molecule has 0 radical (unpaired) electrons. The van der Waals surface area contributed by atoms with Gasteiger partial charge in [0.2, 0.25) is 0 Å². The molecule has 0 atom stereocenters. The van der Waals surface area contributed by atoms with Crippen LogP contribution in [-0.4, -0.2) is 21.5 Å². The topological polar surface area (TPSA) is 59.4 Å². The zero-order valence-corrected chi connectivity index (χ0v) is 13.0. The van der Waals surface area contributed by atoms with Gasteiger partial charge in [-0.05, 0) is 62.4 Å². The number of carbonyl (C=O) groups excluding carboxylic acids is 1. The molecule has 1 N–H and O–H groups in total. The zero-order valence-electron chi connectivity index (χ0n) is 13.0. The smallest absolute Gasteiger partial charge is 0.189 e. The van der Waals surface area contributed by atoms with E-state index in [4.69, 9.17) is 4.74 Å². The summed E-state index contributed by atoms with van der Waals surface area (Å²) >= 11 is 0. The molecule has 0 fully saturated rings. The minimum atomic E-state index is -0.427. The molecule has 1 aliphatic heterocycles. The number of aromatic hydroxyl groups is 1. The lowest BCUT2D eigenvalue weighted by Crippen LogP contribution is -2.27. The standard InChI is InChI=1S/C19H17NO3/c1-19(2)11-10-15-17(23-19)9-7-14(18(15)22)16(21)8-6-13-5-3-4-12-20-13/h3-12,22H,1-2H3/b8-6+. The van der Waals surface area contributed by atoms with E-state index in [1.165, 1.54) is 6.08 Å². The SMILES string of the molecule is CC1(C)C=Cc2c(ccc(C(=O)/C=C/c3ccccn3)c2O)O1. The Bertz CT molecular complexity index is 805. The first-order valence-electron chi connectivity index (χ1n) is 7.34. The Labute approximate surface area is 134 Å². The Kier molecular flexibility index (Phi) is 3.74. The van der Waals surface area contributed by atoms with Crippen LogP contribution in [0.2, 0.25) is 0 Å². The quantitative estimate of drug-likeness (QED) is 0.691. The van der Waals surface area contributed by atoms with Gasteiger partial charge in [-0.3, -0.25) is 9.78 Å². The van der Waals surface area contributed by atoms with E-state index >= 15 is 0 Å². The van der Waals surface area contributed by atoms with Gasteiger partial charge in [-0.15, -0.1) is 0 Å². The average molecular weight is 307 g/mol. The van der Waals surface area contributed by atoms with Crippen molar-refractivity contribution in [2.24, 2.45) is 0 Å². The van der Waals surface area contributed by atoms with E-state index in [-0.39, 0.29) is 17.1 Å². The van der Waals surface area contributed by atoms with Gasteiger partial charge in [-0.25, -0.2) is 0 Å². The van der Waals surface area contributed by atoms with Crippen molar-refractivity contribution < 1.29 is 14.6 Å². The largest absolute Gasteiger partial charge is 0.506 e. The number of rotatable bonds is 3. The molecule has 3 rings (SSSR count). The van der Waals surface area contributed by atoms with Crippen LogP contribution < -0.4 is 4.74 Å². The van der Waals surface area contributed by atoms with Gasteiger partial charge in [0.25, 0.3) is 0 Å². The number of hydrogen-bond acceptors (Lipinski definition) is 4. The third-order valence-electron chi connectivity index (χ3n) is 3.56. The molecule has 23 heavy (non-hydrogen) atoms. The van der Waals surface area contributed by atoms with E-state index in [1.54, 1.807) is 36.5 Å². The Morgan fingerprint density at radius 1 is 1.26 bits per heavy atom. The molecule has 0 saturated heterocycles. The summed E-state index contributed by atoms with van der Waals surface area (Å²) in [6.45, 7) is 3.86. The zero-order chi connectivity index (χ0) is 16.4. The van der Waals surface area contributed by atoms with E-state index in [2.05, 4.69) is 4.98 Å². The molecule has 0 bridgehead atoms. The molecule has 116 valence electrons. The fourth-order valence-electron chi connectivity index (χ4n) is 2.37. The third-order valence-corrected chi connectivity index (χ3v) is 3.56. The first-order valence-corrected chi connectivity index (χ1v) is 7.34. The van der Waals surface area contributed by atoms with E-state index < -0.39 is 5.60 Å². The van der Waals surface area contributed by atoms with Gasteiger partial charge in [-0.2, -0.15) is 0 Å². The predicted octanol–water partition coefficient (Wildman–Crippen LogP) is 3.87. The van der Waals surface area contributed by atoms with E-state index in [1.807, 2.05) is 32.1 Å². The van der Waals surface area contributed by atoms with Crippen LogP contribution in [0.3, 0.4) is 0 Å². The second-order valence-corrected chi connectivity index (χ2v) is 5.86. The highest BCUT2D eigenvalue weighted by Crippen LogP contribution is 2.38. The number of nitrogens with zero attached hydrogens (tertiary/aromatic N) is 1. The first-order chi connectivity index (χ1) is 11.0. The summed E-state index contributed by atoms with van der Waals surface area (Å²) in [5.41, 5.74) is 1.03. The Hall–Kier alpha value is -2.88. The van der Waals surface area contributed by atoms with Crippen LogP contribution in [0.5, 0.6) is 11.5 Å². The summed E-state index contributed by atoms with van der Waals surface area (Å²) in [6.07, 6.45) is 8.32. The van der Waals surface area contributed by atoms with Crippen LogP contribution in [-0.2, 0) is 0 Å². The molecule has 0 aliphatic carbocycles.